The number of benzene rings is 1. The average Bonchev–Trinajstić information content (AvgIpc) is 2.28. The maximum Gasteiger partial charge on any atom is 0.226 e. The number of hydrogen-bond donors (Lipinski definition) is 0. The van der Waals surface area contributed by atoms with Gasteiger partial charge in [-0.2, -0.15) is 0 Å². The summed E-state index contributed by atoms with van der Waals surface area (Å²) in [5.41, 5.74) is 3.51. The standard InChI is InChI=1S/C13H13N3S/c1-10-3-2-4-11(5-10)12-6-14-13(15-7-12)16-8-17-9-16/h2-7H,8-9H2,1H3. The minimum atomic E-state index is 0.833. The summed E-state index contributed by atoms with van der Waals surface area (Å²) < 4.78 is 0. The van der Waals surface area contributed by atoms with E-state index in [2.05, 4.69) is 46.1 Å². The highest BCUT2D eigenvalue weighted by atomic mass is 32.2. The minimum absolute atomic E-state index is 0.833. The molecule has 0 spiro atoms. The Balaban J connectivity index is 1.88. The van der Waals surface area contributed by atoms with Crippen LogP contribution < -0.4 is 4.90 Å². The van der Waals surface area contributed by atoms with Crippen molar-refractivity contribution in [1.29, 1.82) is 0 Å². The molecule has 0 atom stereocenters. The van der Waals surface area contributed by atoms with Crippen molar-refractivity contribution in [3.05, 3.63) is 42.2 Å². The first-order chi connectivity index (χ1) is 8.33. The Morgan fingerprint density at radius 3 is 2.47 bits per heavy atom. The molecule has 3 nitrogen and oxygen atoms in total. The maximum atomic E-state index is 4.41. The Hall–Kier alpha value is -1.55. The van der Waals surface area contributed by atoms with Crippen LogP contribution in [0.15, 0.2) is 36.7 Å². The lowest BCUT2D eigenvalue weighted by Crippen LogP contribution is -2.33. The number of aromatic nitrogens is 2. The van der Waals surface area contributed by atoms with E-state index < -0.39 is 0 Å². The van der Waals surface area contributed by atoms with Gasteiger partial charge in [0.15, 0.2) is 0 Å². The zero-order valence-electron chi connectivity index (χ0n) is 9.63. The second kappa shape index (κ2) is 4.37. The SMILES string of the molecule is Cc1cccc(-c2cnc(N3CSC3)nc2)c1. The van der Waals surface area contributed by atoms with E-state index in [4.69, 9.17) is 0 Å². The molecule has 0 amide bonds. The van der Waals surface area contributed by atoms with Crippen molar-refractivity contribution in [3.63, 3.8) is 0 Å². The Morgan fingerprint density at radius 1 is 1.12 bits per heavy atom. The molecule has 1 aromatic heterocycles. The van der Waals surface area contributed by atoms with Crippen LogP contribution in [0.3, 0.4) is 0 Å². The third kappa shape index (κ3) is 2.13. The predicted octanol–water partition coefficient (Wildman–Crippen LogP) is 2.92. The van der Waals surface area contributed by atoms with Crippen LogP contribution in [-0.2, 0) is 0 Å². The first-order valence-corrected chi connectivity index (χ1v) is 6.70. The molecule has 17 heavy (non-hydrogen) atoms. The van der Waals surface area contributed by atoms with Gasteiger partial charge in [-0.15, -0.1) is 11.8 Å². The molecule has 86 valence electrons. The van der Waals surface area contributed by atoms with Crippen LogP contribution in [0.2, 0.25) is 0 Å². The Morgan fingerprint density at radius 2 is 1.88 bits per heavy atom. The van der Waals surface area contributed by atoms with Crippen LogP contribution in [0.4, 0.5) is 5.95 Å². The van der Waals surface area contributed by atoms with Gasteiger partial charge in [-0.1, -0.05) is 29.8 Å². The molecule has 0 aliphatic carbocycles. The molecule has 0 radical (unpaired) electrons. The van der Waals surface area contributed by atoms with Crippen LogP contribution >= 0.6 is 11.8 Å². The van der Waals surface area contributed by atoms with E-state index in [0.717, 1.165) is 23.3 Å². The van der Waals surface area contributed by atoms with Crippen LogP contribution in [0.1, 0.15) is 5.56 Å². The molecule has 0 unspecified atom stereocenters. The lowest BCUT2D eigenvalue weighted by atomic mass is 10.1. The van der Waals surface area contributed by atoms with Gasteiger partial charge in [0.1, 0.15) is 0 Å². The Labute approximate surface area is 105 Å². The molecular weight excluding hydrogens is 230 g/mol. The Bertz CT molecular complexity index is 520. The first-order valence-electron chi connectivity index (χ1n) is 5.55. The number of nitrogens with zero attached hydrogens (tertiary/aromatic N) is 3. The summed E-state index contributed by atoms with van der Waals surface area (Å²) in [6.07, 6.45) is 3.81. The molecule has 1 saturated heterocycles. The molecule has 1 aliphatic rings. The summed E-state index contributed by atoms with van der Waals surface area (Å²) >= 11 is 1.89. The van der Waals surface area contributed by atoms with Crippen molar-refractivity contribution in [3.8, 4) is 11.1 Å². The van der Waals surface area contributed by atoms with Gasteiger partial charge in [-0.3, -0.25) is 0 Å². The third-order valence-corrected chi connectivity index (χ3v) is 3.76. The fourth-order valence-corrected chi connectivity index (χ4v) is 2.35. The van der Waals surface area contributed by atoms with Crippen molar-refractivity contribution in [1.82, 2.24) is 9.97 Å². The second-order valence-electron chi connectivity index (χ2n) is 4.14. The molecule has 1 aliphatic heterocycles. The second-order valence-corrected chi connectivity index (χ2v) is 5.07. The minimum Gasteiger partial charge on any atom is -0.322 e. The summed E-state index contributed by atoms with van der Waals surface area (Å²) in [7, 11) is 0. The van der Waals surface area contributed by atoms with Gasteiger partial charge in [0.05, 0.1) is 11.8 Å². The van der Waals surface area contributed by atoms with Gasteiger partial charge in [0.25, 0.3) is 0 Å². The molecule has 2 aromatic rings. The average molecular weight is 243 g/mol. The molecule has 3 rings (SSSR count). The molecular formula is C13H13N3S. The molecule has 1 fully saturated rings. The first kappa shape index (κ1) is 10.6. The zero-order chi connectivity index (χ0) is 11.7. The molecule has 4 heteroatoms. The fourth-order valence-electron chi connectivity index (χ4n) is 1.76. The van der Waals surface area contributed by atoms with Crippen LogP contribution in [0.25, 0.3) is 11.1 Å². The molecule has 0 N–H and O–H groups in total. The Kier molecular flexibility index (Phi) is 2.73. The van der Waals surface area contributed by atoms with E-state index in [9.17, 15) is 0 Å². The van der Waals surface area contributed by atoms with Gasteiger partial charge >= 0.3 is 0 Å². The van der Waals surface area contributed by atoms with E-state index in [1.54, 1.807) is 0 Å². The quantitative estimate of drug-likeness (QED) is 0.811. The summed E-state index contributed by atoms with van der Waals surface area (Å²) in [4.78, 5) is 11.0. The van der Waals surface area contributed by atoms with Gasteiger partial charge < -0.3 is 4.90 Å². The number of hydrogen-bond acceptors (Lipinski definition) is 4. The van der Waals surface area contributed by atoms with Gasteiger partial charge in [0, 0.05) is 18.0 Å². The monoisotopic (exact) mass is 243 g/mol. The topological polar surface area (TPSA) is 29.0 Å². The van der Waals surface area contributed by atoms with E-state index in [-0.39, 0.29) is 0 Å². The summed E-state index contributed by atoms with van der Waals surface area (Å²) in [5, 5.41) is 0. The van der Waals surface area contributed by atoms with E-state index >= 15 is 0 Å². The van der Waals surface area contributed by atoms with Crippen LogP contribution in [0, 0.1) is 6.92 Å². The number of anilines is 1. The number of thioether (sulfide) groups is 1. The van der Waals surface area contributed by atoms with Gasteiger partial charge in [-0.05, 0) is 12.5 Å². The smallest absolute Gasteiger partial charge is 0.226 e. The van der Waals surface area contributed by atoms with Gasteiger partial charge in [0.2, 0.25) is 5.95 Å². The van der Waals surface area contributed by atoms with Crippen molar-refractivity contribution < 1.29 is 0 Å². The summed E-state index contributed by atoms with van der Waals surface area (Å²) in [5.74, 6) is 2.84. The van der Waals surface area contributed by atoms with Crippen LogP contribution in [-0.4, -0.2) is 21.7 Å². The lowest BCUT2D eigenvalue weighted by molar-refractivity contribution is 0.925. The van der Waals surface area contributed by atoms with Crippen molar-refractivity contribution in [2.75, 3.05) is 16.7 Å². The van der Waals surface area contributed by atoms with Crippen molar-refractivity contribution in [2.24, 2.45) is 0 Å². The van der Waals surface area contributed by atoms with Crippen molar-refractivity contribution >= 4 is 17.7 Å². The van der Waals surface area contributed by atoms with Crippen LogP contribution in [0.5, 0.6) is 0 Å². The number of rotatable bonds is 2. The zero-order valence-corrected chi connectivity index (χ0v) is 10.4. The summed E-state index contributed by atoms with van der Waals surface area (Å²) in [6.45, 7) is 2.09. The molecule has 2 heterocycles. The van der Waals surface area contributed by atoms with Crippen molar-refractivity contribution in [2.45, 2.75) is 6.92 Å². The largest absolute Gasteiger partial charge is 0.322 e. The van der Waals surface area contributed by atoms with E-state index in [1.807, 2.05) is 24.2 Å². The lowest BCUT2D eigenvalue weighted by Gasteiger charge is -2.29. The molecule has 0 saturated carbocycles. The van der Waals surface area contributed by atoms with E-state index in [0.29, 0.717) is 0 Å². The maximum absolute atomic E-state index is 4.41. The highest BCUT2D eigenvalue weighted by molar-refractivity contribution is 8.00. The van der Waals surface area contributed by atoms with Gasteiger partial charge in [-0.25, -0.2) is 9.97 Å². The fraction of sp³-hybridized carbons (Fsp3) is 0.231. The van der Waals surface area contributed by atoms with E-state index in [1.165, 1.54) is 11.1 Å². The third-order valence-electron chi connectivity index (χ3n) is 2.77. The normalized spacial score (nSPS) is 14.5. The highest BCUT2D eigenvalue weighted by Crippen LogP contribution is 2.25. The molecule has 1 aromatic carbocycles. The summed E-state index contributed by atoms with van der Waals surface area (Å²) in [6, 6.07) is 8.39. The predicted molar refractivity (Wildman–Crippen MR) is 72.0 cm³/mol. The molecule has 0 bridgehead atoms. The number of aryl methyl sites for hydroxylation is 1. The highest BCUT2D eigenvalue weighted by Gasteiger charge is 2.17.